The predicted molar refractivity (Wildman–Crippen MR) is 230 cm³/mol. The lowest BCUT2D eigenvalue weighted by atomic mass is 9.74. The van der Waals surface area contributed by atoms with Crippen LogP contribution in [0.5, 0.6) is 17.2 Å². The third-order valence-electron chi connectivity index (χ3n) is 12.0. The lowest BCUT2D eigenvalue weighted by Crippen LogP contribution is -2.19. The molecule has 0 radical (unpaired) electrons. The maximum atomic E-state index is 10.0. The van der Waals surface area contributed by atoms with E-state index in [1.54, 1.807) is 0 Å². The summed E-state index contributed by atoms with van der Waals surface area (Å²) in [5, 5.41) is 10.0. The Labute approximate surface area is 334 Å². The highest BCUT2D eigenvalue weighted by Crippen LogP contribution is 2.43. The quantitative estimate of drug-likeness (QED) is 0.0971. The summed E-state index contributed by atoms with van der Waals surface area (Å²) in [6.45, 7) is 18.4. The lowest BCUT2D eigenvalue weighted by Gasteiger charge is -2.30. The molecule has 1 fully saturated rings. The molecule has 0 bridgehead atoms. The smallest absolute Gasteiger partial charge is 0.196 e. The highest BCUT2D eigenvalue weighted by atomic mass is 16.7. The number of phenolic OH excluding ortho intramolecular Hbond substituents is 1. The van der Waals surface area contributed by atoms with Gasteiger partial charge in [0, 0.05) is 0 Å². The van der Waals surface area contributed by atoms with E-state index in [0.717, 1.165) is 56.1 Å². The summed E-state index contributed by atoms with van der Waals surface area (Å²) in [7, 11) is 0. The molecule has 1 N–H and O–H groups in total. The van der Waals surface area contributed by atoms with Crippen molar-refractivity contribution in [1.29, 1.82) is 0 Å². The maximum absolute atomic E-state index is 10.0. The second kappa shape index (κ2) is 20.4. The molecule has 1 aliphatic rings. The summed E-state index contributed by atoms with van der Waals surface area (Å²) in [4.78, 5) is 0. The molecule has 298 valence electrons. The lowest BCUT2D eigenvalue weighted by molar-refractivity contribution is -0.0711. The molecule has 0 saturated heterocycles. The highest BCUT2D eigenvalue weighted by Gasteiger charge is 2.26. The van der Waals surface area contributed by atoms with Crippen LogP contribution in [-0.2, 0) is 10.2 Å². The Morgan fingerprint density at radius 3 is 1.64 bits per heavy atom. The van der Waals surface area contributed by atoms with Crippen LogP contribution in [0, 0.1) is 5.92 Å². The van der Waals surface area contributed by atoms with E-state index in [0.29, 0.717) is 29.4 Å². The zero-order valence-electron chi connectivity index (χ0n) is 35.2. The average Bonchev–Trinajstić information content (AvgIpc) is 3.17. The average molecular weight is 747 g/mol. The van der Waals surface area contributed by atoms with Crippen molar-refractivity contribution >= 4 is 0 Å². The van der Waals surface area contributed by atoms with Crippen molar-refractivity contribution < 1.29 is 19.3 Å². The van der Waals surface area contributed by atoms with Gasteiger partial charge in [0.25, 0.3) is 0 Å². The monoisotopic (exact) mass is 747 g/mol. The van der Waals surface area contributed by atoms with Crippen molar-refractivity contribution in [2.45, 2.75) is 161 Å². The van der Waals surface area contributed by atoms with E-state index >= 15 is 0 Å². The SMILES string of the molecule is CCC(CC(CC(CC(C)c1ccc(O)cc1)c1ccc(C(C)(C)C)cc1)c1ccc(OC(C)C)cc1)c1ccc(OC(C)OCCC2CCCCC2)cc1. The predicted octanol–water partition coefficient (Wildman–Crippen LogP) is 14.2. The van der Waals surface area contributed by atoms with Crippen molar-refractivity contribution in [2.24, 2.45) is 5.92 Å². The van der Waals surface area contributed by atoms with E-state index < -0.39 is 0 Å². The van der Waals surface area contributed by atoms with Crippen molar-refractivity contribution in [3.8, 4) is 17.2 Å². The molecular weight excluding hydrogens is 677 g/mol. The number of benzene rings is 4. The first-order valence-electron chi connectivity index (χ1n) is 21.4. The van der Waals surface area contributed by atoms with Crippen molar-refractivity contribution in [2.75, 3.05) is 6.61 Å². The van der Waals surface area contributed by atoms with Crippen LogP contribution < -0.4 is 9.47 Å². The van der Waals surface area contributed by atoms with Crippen LogP contribution in [-0.4, -0.2) is 24.1 Å². The molecule has 5 atom stereocenters. The molecule has 4 aromatic rings. The van der Waals surface area contributed by atoms with Crippen LogP contribution in [0.4, 0.5) is 0 Å². The summed E-state index contributed by atoms with van der Waals surface area (Å²) in [6, 6.07) is 34.9. The molecular formula is C51H70O4. The number of hydrogen-bond acceptors (Lipinski definition) is 4. The Morgan fingerprint density at radius 2 is 1.09 bits per heavy atom. The van der Waals surface area contributed by atoms with E-state index in [2.05, 4.69) is 133 Å². The zero-order chi connectivity index (χ0) is 39.4. The Balaban J connectivity index is 1.36. The normalized spacial score (nSPS) is 16.7. The van der Waals surface area contributed by atoms with E-state index in [-0.39, 0.29) is 17.8 Å². The second-order valence-corrected chi connectivity index (χ2v) is 17.7. The number of hydrogen-bond donors (Lipinski definition) is 1. The molecule has 5 unspecified atom stereocenters. The Morgan fingerprint density at radius 1 is 0.600 bits per heavy atom. The standard InChI is InChI=1S/C51H70O4/c1-9-40(42-19-29-50(30-20-42)55-38(5)53-32-31-39-13-11-10-12-14-39)34-46(44-21-27-49(28-22-44)54-36(2)3)35-45(33-37(4)41-17-25-48(52)26-18-41)43-15-23-47(24-16-43)51(6,7)8/h15-30,36-40,45-46,52H,9-14,31-35H2,1-8H3. The Kier molecular flexibility index (Phi) is 15.7. The van der Waals surface area contributed by atoms with Gasteiger partial charge < -0.3 is 19.3 Å². The van der Waals surface area contributed by atoms with Crippen molar-refractivity contribution in [1.82, 2.24) is 0 Å². The molecule has 4 heteroatoms. The maximum Gasteiger partial charge on any atom is 0.196 e. The number of aromatic hydroxyl groups is 1. The topological polar surface area (TPSA) is 47.9 Å². The summed E-state index contributed by atoms with van der Waals surface area (Å²) in [5.74, 6) is 4.33. The van der Waals surface area contributed by atoms with Gasteiger partial charge in [0.1, 0.15) is 17.2 Å². The van der Waals surface area contributed by atoms with Crippen LogP contribution in [0.15, 0.2) is 97.1 Å². The molecule has 4 aromatic carbocycles. The van der Waals surface area contributed by atoms with Gasteiger partial charge in [-0.05, 0) is 152 Å². The van der Waals surface area contributed by atoms with Crippen LogP contribution >= 0.6 is 0 Å². The van der Waals surface area contributed by atoms with Gasteiger partial charge in [-0.3, -0.25) is 0 Å². The van der Waals surface area contributed by atoms with E-state index in [1.807, 2.05) is 19.1 Å². The van der Waals surface area contributed by atoms with Gasteiger partial charge in [-0.15, -0.1) is 0 Å². The van der Waals surface area contributed by atoms with Gasteiger partial charge >= 0.3 is 0 Å². The first kappa shape index (κ1) is 42.4. The molecule has 0 aromatic heterocycles. The fourth-order valence-corrected chi connectivity index (χ4v) is 8.59. The first-order chi connectivity index (χ1) is 26.4. The minimum absolute atomic E-state index is 0.101. The summed E-state index contributed by atoms with van der Waals surface area (Å²) in [6.07, 6.45) is 12.0. The third kappa shape index (κ3) is 13.2. The largest absolute Gasteiger partial charge is 0.508 e. The summed E-state index contributed by atoms with van der Waals surface area (Å²) >= 11 is 0. The minimum Gasteiger partial charge on any atom is -0.508 e. The van der Waals surface area contributed by atoms with Gasteiger partial charge in [0.15, 0.2) is 6.29 Å². The molecule has 1 saturated carbocycles. The first-order valence-corrected chi connectivity index (χ1v) is 21.4. The van der Waals surface area contributed by atoms with E-state index in [9.17, 15) is 5.11 Å². The molecule has 0 amide bonds. The Bertz CT molecular complexity index is 1660. The fourth-order valence-electron chi connectivity index (χ4n) is 8.59. The molecule has 1 aliphatic carbocycles. The molecule has 55 heavy (non-hydrogen) atoms. The molecule has 5 rings (SSSR count). The highest BCUT2D eigenvalue weighted by molar-refractivity contribution is 5.35. The van der Waals surface area contributed by atoms with Gasteiger partial charge in [-0.2, -0.15) is 0 Å². The van der Waals surface area contributed by atoms with Gasteiger partial charge in [0.05, 0.1) is 12.7 Å². The number of rotatable bonds is 19. The minimum atomic E-state index is -0.262. The Hall–Kier alpha value is -3.76. The van der Waals surface area contributed by atoms with Crippen molar-refractivity contribution in [3.05, 3.63) is 125 Å². The summed E-state index contributed by atoms with van der Waals surface area (Å²) < 4.78 is 18.4. The molecule has 0 heterocycles. The van der Waals surface area contributed by atoms with E-state index in [4.69, 9.17) is 14.2 Å². The molecule has 0 spiro atoms. The second-order valence-electron chi connectivity index (χ2n) is 17.7. The van der Waals surface area contributed by atoms with Gasteiger partial charge in [-0.25, -0.2) is 0 Å². The van der Waals surface area contributed by atoms with Crippen LogP contribution in [0.25, 0.3) is 0 Å². The van der Waals surface area contributed by atoms with Crippen LogP contribution in [0.3, 0.4) is 0 Å². The summed E-state index contributed by atoms with van der Waals surface area (Å²) in [5.41, 5.74) is 6.84. The zero-order valence-corrected chi connectivity index (χ0v) is 35.2. The van der Waals surface area contributed by atoms with E-state index in [1.165, 1.54) is 59.9 Å². The fraction of sp³-hybridized carbons (Fsp3) is 0.529. The van der Waals surface area contributed by atoms with Gasteiger partial charge in [0.2, 0.25) is 0 Å². The van der Waals surface area contributed by atoms with Crippen molar-refractivity contribution in [3.63, 3.8) is 0 Å². The van der Waals surface area contributed by atoms with Crippen LogP contribution in [0.1, 0.15) is 171 Å². The number of phenols is 1. The third-order valence-corrected chi connectivity index (χ3v) is 12.0. The molecule has 4 nitrogen and oxygen atoms in total. The number of ether oxygens (including phenoxy) is 3. The molecule has 0 aliphatic heterocycles. The van der Waals surface area contributed by atoms with Crippen LogP contribution in [0.2, 0.25) is 0 Å². The van der Waals surface area contributed by atoms with Gasteiger partial charge in [-0.1, -0.05) is 127 Å².